The van der Waals surface area contributed by atoms with Crippen LogP contribution in [-0.4, -0.2) is 22.7 Å². The van der Waals surface area contributed by atoms with Gasteiger partial charge >= 0.3 is 5.97 Å². The molecule has 0 saturated heterocycles. The molecule has 2 rings (SSSR count). The predicted octanol–water partition coefficient (Wildman–Crippen LogP) is 2.20. The molecule has 1 heterocycles. The molecule has 0 fully saturated rings. The van der Waals surface area contributed by atoms with Gasteiger partial charge in [0.25, 0.3) is 0 Å². The number of anilines is 1. The normalized spacial score (nSPS) is 9.75. The number of ether oxygens (including phenoxy) is 1. The number of nitrogen functional groups attached to an aromatic ring is 1. The number of benzene rings is 1. The van der Waals surface area contributed by atoms with E-state index in [0.717, 1.165) is 16.5 Å². The number of carboxylic acid groups (broad SMARTS) is 1. The van der Waals surface area contributed by atoms with Crippen molar-refractivity contribution < 1.29 is 14.6 Å². The minimum Gasteiger partial charge on any atom is -0.481 e. The number of hydrogen-bond donors (Lipinski definition) is 3. The Balaban J connectivity index is 0.00000200. The zero-order valence-electron chi connectivity index (χ0n) is 10.7. The molecular weight excluding hydrogens is 280 g/mol. The van der Waals surface area contributed by atoms with Crippen LogP contribution in [0.2, 0.25) is 0 Å². The zero-order valence-corrected chi connectivity index (χ0v) is 11.5. The number of aromatic amines is 1. The Bertz CT molecular complexity index is 658. The van der Waals surface area contributed by atoms with Crippen molar-refractivity contribution in [1.82, 2.24) is 4.98 Å². The quantitative estimate of drug-likeness (QED) is 0.738. The number of aliphatic carboxylic acids is 1. The van der Waals surface area contributed by atoms with Crippen molar-refractivity contribution in [2.75, 3.05) is 12.3 Å². The molecule has 0 radical (unpaired) electrons. The van der Waals surface area contributed by atoms with Gasteiger partial charge in [0.1, 0.15) is 18.2 Å². The number of hydrogen-bond acceptors (Lipinski definition) is 3. The molecule has 0 unspecified atom stereocenters. The number of nitrogens with one attached hydrogen (secondary N) is 1. The first-order valence-corrected chi connectivity index (χ1v) is 5.80. The van der Waals surface area contributed by atoms with E-state index in [4.69, 9.17) is 22.0 Å². The first kappa shape index (κ1) is 15.7. The highest BCUT2D eigenvalue weighted by Crippen LogP contribution is 2.29. The monoisotopic (exact) mass is 294 g/mol. The summed E-state index contributed by atoms with van der Waals surface area (Å²) in [6.07, 6.45) is 5.55. The van der Waals surface area contributed by atoms with E-state index in [9.17, 15) is 4.79 Å². The van der Waals surface area contributed by atoms with Crippen molar-refractivity contribution in [3.8, 4) is 18.1 Å². The van der Waals surface area contributed by atoms with Crippen LogP contribution in [0.25, 0.3) is 10.9 Å². The number of carbonyl (C=O) groups is 1. The molecule has 1 aromatic heterocycles. The first-order chi connectivity index (χ1) is 9.11. The number of aryl methyl sites for hydroxylation is 1. The van der Waals surface area contributed by atoms with Crippen LogP contribution in [0.5, 0.6) is 5.75 Å². The van der Waals surface area contributed by atoms with Gasteiger partial charge in [-0.3, -0.25) is 4.79 Å². The highest BCUT2D eigenvalue weighted by molar-refractivity contribution is 5.89. The molecule has 0 aliphatic carbocycles. The molecule has 106 valence electrons. The fourth-order valence-electron chi connectivity index (χ4n) is 1.96. The molecule has 20 heavy (non-hydrogen) atoms. The molecule has 0 aliphatic rings. The lowest BCUT2D eigenvalue weighted by Gasteiger charge is -2.03. The van der Waals surface area contributed by atoms with E-state index >= 15 is 0 Å². The van der Waals surface area contributed by atoms with E-state index in [2.05, 4.69) is 10.9 Å². The topological polar surface area (TPSA) is 88.3 Å². The number of aromatic nitrogens is 1. The van der Waals surface area contributed by atoms with Crippen LogP contribution in [0.1, 0.15) is 12.0 Å². The third kappa shape index (κ3) is 3.37. The number of carboxylic acids is 1. The lowest BCUT2D eigenvalue weighted by atomic mass is 10.1. The number of fused-ring (bicyclic) bond motifs is 1. The van der Waals surface area contributed by atoms with Crippen molar-refractivity contribution in [3.63, 3.8) is 0 Å². The maximum Gasteiger partial charge on any atom is 0.303 e. The van der Waals surface area contributed by atoms with Crippen LogP contribution in [0, 0.1) is 12.3 Å². The largest absolute Gasteiger partial charge is 0.481 e. The van der Waals surface area contributed by atoms with Gasteiger partial charge in [-0.15, -0.1) is 18.8 Å². The van der Waals surface area contributed by atoms with E-state index in [-0.39, 0.29) is 25.4 Å². The predicted molar refractivity (Wildman–Crippen MR) is 80.2 cm³/mol. The minimum atomic E-state index is -0.853. The molecule has 6 heteroatoms. The Morgan fingerprint density at radius 2 is 2.25 bits per heavy atom. The molecule has 1 aromatic carbocycles. The summed E-state index contributed by atoms with van der Waals surface area (Å²) in [5, 5.41) is 9.62. The second-order valence-electron chi connectivity index (χ2n) is 4.11. The lowest BCUT2D eigenvalue weighted by molar-refractivity contribution is -0.136. The number of halogens is 1. The molecule has 0 saturated carbocycles. The third-order valence-corrected chi connectivity index (χ3v) is 2.82. The van der Waals surface area contributed by atoms with Crippen molar-refractivity contribution in [1.29, 1.82) is 0 Å². The van der Waals surface area contributed by atoms with Gasteiger partial charge < -0.3 is 20.6 Å². The smallest absolute Gasteiger partial charge is 0.303 e. The molecule has 0 aliphatic heterocycles. The second kappa shape index (κ2) is 6.73. The molecule has 0 spiro atoms. The van der Waals surface area contributed by atoms with Crippen molar-refractivity contribution in [2.24, 2.45) is 0 Å². The van der Waals surface area contributed by atoms with Crippen LogP contribution in [0.3, 0.4) is 0 Å². The van der Waals surface area contributed by atoms with Gasteiger partial charge in [-0.2, -0.15) is 0 Å². The van der Waals surface area contributed by atoms with Crippen molar-refractivity contribution in [2.45, 2.75) is 12.8 Å². The lowest BCUT2D eigenvalue weighted by Crippen LogP contribution is -1.99. The Hall–Kier alpha value is -2.32. The van der Waals surface area contributed by atoms with Crippen LogP contribution in [0.4, 0.5) is 5.82 Å². The van der Waals surface area contributed by atoms with Crippen molar-refractivity contribution in [3.05, 3.63) is 23.8 Å². The summed E-state index contributed by atoms with van der Waals surface area (Å²) < 4.78 is 5.35. The van der Waals surface area contributed by atoms with E-state index in [1.807, 2.05) is 12.1 Å². The zero-order chi connectivity index (χ0) is 13.8. The molecule has 0 bridgehead atoms. The molecule has 0 atom stereocenters. The minimum absolute atomic E-state index is 0. The fourth-order valence-corrected chi connectivity index (χ4v) is 1.96. The average Bonchev–Trinajstić information content (AvgIpc) is 2.69. The SMILES string of the molecule is C#CCOc1ccc2[nH]c(N)c(CCC(=O)O)c2c1.Cl. The number of nitrogens with two attached hydrogens (primary N) is 1. The second-order valence-corrected chi connectivity index (χ2v) is 4.11. The summed E-state index contributed by atoms with van der Waals surface area (Å²) in [7, 11) is 0. The van der Waals surface area contributed by atoms with Gasteiger partial charge in [-0.05, 0) is 24.6 Å². The van der Waals surface area contributed by atoms with Gasteiger partial charge in [0.05, 0.1) is 0 Å². The third-order valence-electron chi connectivity index (χ3n) is 2.82. The van der Waals surface area contributed by atoms with E-state index in [0.29, 0.717) is 18.0 Å². The summed E-state index contributed by atoms with van der Waals surface area (Å²) in [4.78, 5) is 13.7. The highest BCUT2D eigenvalue weighted by atomic mass is 35.5. The van der Waals surface area contributed by atoms with E-state index in [1.54, 1.807) is 6.07 Å². The summed E-state index contributed by atoms with van der Waals surface area (Å²) in [6.45, 7) is 0.190. The van der Waals surface area contributed by atoms with E-state index < -0.39 is 5.97 Å². The van der Waals surface area contributed by atoms with Crippen LogP contribution >= 0.6 is 12.4 Å². The summed E-state index contributed by atoms with van der Waals surface area (Å²) in [5.41, 5.74) is 7.52. The van der Waals surface area contributed by atoms with Gasteiger partial charge in [0.15, 0.2) is 0 Å². The summed E-state index contributed by atoms with van der Waals surface area (Å²) >= 11 is 0. The van der Waals surface area contributed by atoms with Gasteiger partial charge in [-0.25, -0.2) is 0 Å². The Kier molecular flexibility index (Phi) is 5.30. The number of rotatable bonds is 5. The van der Waals surface area contributed by atoms with Crippen LogP contribution < -0.4 is 10.5 Å². The van der Waals surface area contributed by atoms with Gasteiger partial charge in [0.2, 0.25) is 0 Å². The fraction of sp³-hybridized carbons (Fsp3) is 0.214. The average molecular weight is 295 g/mol. The Morgan fingerprint density at radius 3 is 2.90 bits per heavy atom. The molecule has 2 aromatic rings. The van der Waals surface area contributed by atoms with E-state index in [1.165, 1.54) is 0 Å². The maximum absolute atomic E-state index is 10.7. The highest BCUT2D eigenvalue weighted by Gasteiger charge is 2.11. The standard InChI is InChI=1S/C14H14N2O3.ClH/c1-2-7-19-9-3-5-12-11(8-9)10(14(15)16-12)4-6-13(17)18;/h1,3,5,8,16H,4,6-7,15H2,(H,17,18);1H. The molecular formula is C14H15ClN2O3. The molecule has 0 amide bonds. The van der Waals surface area contributed by atoms with Crippen LogP contribution in [0.15, 0.2) is 18.2 Å². The Morgan fingerprint density at radius 1 is 1.50 bits per heavy atom. The number of terminal acetylenes is 1. The maximum atomic E-state index is 10.7. The molecule has 4 N–H and O–H groups in total. The Labute approximate surface area is 122 Å². The summed E-state index contributed by atoms with van der Waals surface area (Å²) in [6, 6.07) is 5.44. The molecule has 5 nitrogen and oxygen atoms in total. The first-order valence-electron chi connectivity index (χ1n) is 5.80. The van der Waals surface area contributed by atoms with Crippen molar-refractivity contribution >= 4 is 35.1 Å². The van der Waals surface area contributed by atoms with Gasteiger partial charge in [0, 0.05) is 22.9 Å². The van der Waals surface area contributed by atoms with Gasteiger partial charge in [-0.1, -0.05) is 5.92 Å². The summed E-state index contributed by atoms with van der Waals surface area (Å²) in [5.74, 6) is 2.67. The number of H-pyrrole nitrogens is 1. The van der Waals surface area contributed by atoms with Crippen LogP contribution in [-0.2, 0) is 11.2 Å².